The fourth-order valence-corrected chi connectivity index (χ4v) is 3.37. The minimum absolute atomic E-state index is 0. The van der Waals surface area contributed by atoms with Crippen LogP contribution in [0.3, 0.4) is 0 Å². The quantitative estimate of drug-likeness (QED) is 0.737. The first-order valence-electron chi connectivity index (χ1n) is 8.79. The van der Waals surface area contributed by atoms with Crippen LogP contribution in [0.2, 0.25) is 0 Å². The third-order valence-electron chi connectivity index (χ3n) is 4.98. The maximum Gasteiger partial charge on any atom is 0.260 e. The molecule has 27 heavy (non-hydrogen) atoms. The van der Waals surface area contributed by atoms with Gasteiger partial charge in [0, 0.05) is 16.9 Å². The van der Waals surface area contributed by atoms with Crippen molar-refractivity contribution in [2.45, 2.75) is 45.1 Å². The van der Waals surface area contributed by atoms with E-state index in [0.29, 0.717) is 22.7 Å². The van der Waals surface area contributed by atoms with E-state index in [1.54, 1.807) is 31.2 Å². The summed E-state index contributed by atoms with van der Waals surface area (Å²) >= 11 is 0. The first-order valence-corrected chi connectivity index (χ1v) is 8.79. The number of hydrogen-bond donors (Lipinski definition) is 3. The van der Waals surface area contributed by atoms with Gasteiger partial charge < -0.3 is 20.9 Å². The van der Waals surface area contributed by atoms with Gasteiger partial charge in [0.1, 0.15) is 11.3 Å². The summed E-state index contributed by atoms with van der Waals surface area (Å²) in [5, 5.41) is 9.29. The Morgan fingerprint density at radius 2 is 1.81 bits per heavy atom. The number of rotatable bonds is 4. The Bertz CT molecular complexity index is 802. The minimum Gasteiger partial charge on any atom is -0.361 e. The van der Waals surface area contributed by atoms with E-state index in [4.69, 9.17) is 10.3 Å². The third kappa shape index (κ3) is 4.87. The standard InChI is InChI=1S/C19H24N4O3.ClH/c1-12-15(11-21-26-12)17(24)22-13-6-8-14(9-7-13)23-18(25)16-5-3-4-10-19(16,2)20;/h6-9,11,16H,3-5,10,20H2,1-2H3,(H,22,24)(H,23,25);1H. The van der Waals surface area contributed by atoms with E-state index < -0.39 is 5.54 Å². The first-order chi connectivity index (χ1) is 12.4. The highest BCUT2D eigenvalue weighted by Crippen LogP contribution is 2.32. The van der Waals surface area contributed by atoms with Gasteiger partial charge in [0.2, 0.25) is 5.91 Å². The lowest BCUT2D eigenvalue weighted by atomic mass is 9.74. The van der Waals surface area contributed by atoms with Gasteiger partial charge in [-0.2, -0.15) is 0 Å². The van der Waals surface area contributed by atoms with E-state index in [9.17, 15) is 9.59 Å². The number of nitrogens with zero attached hydrogens (tertiary/aromatic N) is 1. The smallest absolute Gasteiger partial charge is 0.260 e. The number of carbonyl (C=O) groups is 2. The van der Waals surface area contributed by atoms with Gasteiger partial charge in [0.05, 0.1) is 12.1 Å². The van der Waals surface area contributed by atoms with Gasteiger partial charge in [-0.3, -0.25) is 9.59 Å². The molecule has 2 amide bonds. The largest absolute Gasteiger partial charge is 0.361 e. The normalized spacial score (nSPS) is 21.8. The number of anilines is 2. The Morgan fingerprint density at radius 3 is 2.37 bits per heavy atom. The molecule has 146 valence electrons. The van der Waals surface area contributed by atoms with Gasteiger partial charge in [0.15, 0.2) is 0 Å². The van der Waals surface area contributed by atoms with Crippen LogP contribution in [0.4, 0.5) is 11.4 Å². The van der Waals surface area contributed by atoms with Crippen LogP contribution in [0.15, 0.2) is 35.0 Å². The summed E-state index contributed by atoms with van der Waals surface area (Å²) in [5.41, 5.74) is 7.51. The number of aromatic nitrogens is 1. The van der Waals surface area contributed by atoms with Crippen molar-refractivity contribution in [3.63, 3.8) is 0 Å². The average Bonchev–Trinajstić information content (AvgIpc) is 3.02. The number of halogens is 1. The maximum absolute atomic E-state index is 12.6. The Balaban J connectivity index is 0.00000261. The van der Waals surface area contributed by atoms with Crippen LogP contribution in [0.25, 0.3) is 0 Å². The Kier molecular flexibility index (Phi) is 6.62. The molecule has 1 aliphatic carbocycles. The summed E-state index contributed by atoms with van der Waals surface area (Å²) in [4.78, 5) is 24.7. The molecular formula is C19H25ClN4O3. The molecule has 1 aromatic heterocycles. The second kappa shape index (κ2) is 8.54. The van der Waals surface area contributed by atoms with Gasteiger partial charge in [-0.15, -0.1) is 12.4 Å². The van der Waals surface area contributed by atoms with Crippen LogP contribution >= 0.6 is 12.4 Å². The molecule has 1 saturated carbocycles. The van der Waals surface area contributed by atoms with E-state index in [0.717, 1.165) is 25.7 Å². The molecule has 1 aliphatic rings. The molecule has 3 rings (SSSR count). The van der Waals surface area contributed by atoms with Gasteiger partial charge >= 0.3 is 0 Å². The van der Waals surface area contributed by atoms with Gasteiger partial charge in [0.25, 0.3) is 5.91 Å². The van der Waals surface area contributed by atoms with E-state index >= 15 is 0 Å². The van der Waals surface area contributed by atoms with Crippen molar-refractivity contribution in [3.8, 4) is 0 Å². The van der Waals surface area contributed by atoms with Crippen LogP contribution in [0.5, 0.6) is 0 Å². The van der Waals surface area contributed by atoms with Gasteiger partial charge in [-0.25, -0.2) is 0 Å². The predicted molar refractivity (Wildman–Crippen MR) is 106 cm³/mol. The Labute approximate surface area is 164 Å². The summed E-state index contributed by atoms with van der Waals surface area (Å²) in [6, 6.07) is 6.98. The molecule has 7 nitrogen and oxygen atoms in total. The highest BCUT2D eigenvalue weighted by atomic mass is 35.5. The zero-order chi connectivity index (χ0) is 18.7. The molecule has 0 spiro atoms. The molecule has 0 aliphatic heterocycles. The van der Waals surface area contributed by atoms with E-state index in [2.05, 4.69) is 15.8 Å². The molecule has 1 heterocycles. The predicted octanol–water partition coefficient (Wildman–Crippen LogP) is 3.50. The summed E-state index contributed by atoms with van der Waals surface area (Å²) in [5.74, 6) is -0.0656. The van der Waals surface area contributed by atoms with Crippen molar-refractivity contribution in [1.82, 2.24) is 5.16 Å². The Morgan fingerprint density at radius 1 is 1.19 bits per heavy atom. The number of nitrogens with one attached hydrogen (secondary N) is 2. The lowest BCUT2D eigenvalue weighted by molar-refractivity contribution is -0.122. The highest BCUT2D eigenvalue weighted by Gasteiger charge is 2.37. The molecule has 2 aromatic rings. The average molecular weight is 393 g/mol. The number of carbonyl (C=O) groups excluding carboxylic acids is 2. The van der Waals surface area contributed by atoms with Crippen molar-refractivity contribution in [3.05, 3.63) is 41.8 Å². The number of amides is 2. The molecule has 4 N–H and O–H groups in total. The SMILES string of the molecule is Cc1oncc1C(=O)Nc1ccc(NC(=O)C2CCCCC2(C)N)cc1.Cl. The Hall–Kier alpha value is -2.38. The second-order valence-electron chi connectivity index (χ2n) is 7.12. The molecule has 0 radical (unpaired) electrons. The monoisotopic (exact) mass is 392 g/mol. The molecule has 0 saturated heterocycles. The molecule has 1 fully saturated rings. The molecule has 2 unspecified atom stereocenters. The van der Waals surface area contributed by atoms with Crippen molar-refractivity contribution in [2.24, 2.45) is 11.7 Å². The molecule has 2 atom stereocenters. The number of nitrogens with two attached hydrogens (primary N) is 1. The van der Waals surface area contributed by atoms with Crippen molar-refractivity contribution < 1.29 is 14.1 Å². The van der Waals surface area contributed by atoms with Crippen molar-refractivity contribution in [1.29, 1.82) is 0 Å². The highest BCUT2D eigenvalue weighted by molar-refractivity contribution is 6.04. The number of benzene rings is 1. The van der Waals surface area contributed by atoms with Crippen LogP contribution in [0.1, 0.15) is 48.7 Å². The number of aryl methyl sites for hydroxylation is 1. The van der Waals surface area contributed by atoms with Crippen LogP contribution < -0.4 is 16.4 Å². The topological polar surface area (TPSA) is 110 Å². The summed E-state index contributed by atoms with van der Waals surface area (Å²) in [6.45, 7) is 3.62. The minimum atomic E-state index is -0.466. The zero-order valence-corrected chi connectivity index (χ0v) is 16.3. The van der Waals surface area contributed by atoms with Gasteiger partial charge in [-0.05, 0) is 51.0 Å². The summed E-state index contributed by atoms with van der Waals surface area (Å²) < 4.78 is 4.89. The maximum atomic E-state index is 12.6. The van der Waals surface area contributed by atoms with E-state index in [-0.39, 0.29) is 30.1 Å². The molecule has 8 heteroatoms. The third-order valence-corrected chi connectivity index (χ3v) is 4.98. The van der Waals surface area contributed by atoms with E-state index in [1.165, 1.54) is 6.20 Å². The summed E-state index contributed by atoms with van der Waals surface area (Å²) in [7, 11) is 0. The number of hydrogen-bond acceptors (Lipinski definition) is 5. The first kappa shape index (κ1) is 20.9. The van der Waals surface area contributed by atoms with Gasteiger partial charge in [-0.1, -0.05) is 18.0 Å². The molecular weight excluding hydrogens is 368 g/mol. The molecule has 1 aromatic carbocycles. The van der Waals surface area contributed by atoms with Crippen LogP contribution in [0, 0.1) is 12.8 Å². The molecule has 0 bridgehead atoms. The fourth-order valence-electron chi connectivity index (χ4n) is 3.37. The summed E-state index contributed by atoms with van der Waals surface area (Å²) in [6.07, 6.45) is 5.14. The van der Waals surface area contributed by atoms with Crippen LogP contribution in [-0.4, -0.2) is 22.5 Å². The fraction of sp³-hybridized carbons (Fsp3) is 0.421. The van der Waals surface area contributed by atoms with Crippen LogP contribution in [-0.2, 0) is 4.79 Å². The van der Waals surface area contributed by atoms with Crippen molar-refractivity contribution in [2.75, 3.05) is 10.6 Å². The zero-order valence-electron chi connectivity index (χ0n) is 15.5. The van der Waals surface area contributed by atoms with E-state index in [1.807, 2.05) is 6.92 Å². The lowest BCUT2D eigenvalue weighted by Crippen LogP contribution is -2.51. The lowest BCUT2D eigenvalue weighted by Gasteiger charge is -2.37. The van der Waals surface area contributed by atoms with Crippen molar-refractivity contribution >= 4 is 35.6 Å². The second-order valence-corrected chi connectivity index (χ2v) is 7.12.